The fourth-order valence-electron chi connectivity index (χ4n) is 1.25. The van der Waals surface area contributed by atoms with Crippen LogP contribution in [-0.4, -0.2) is 5.16 Å². The molecule has 0 atom stereocenters. The lowest BCUT2D eigenvalue weighted by molar-refractivity contribution is 0.408. The number of hydrogen-bond acceptors (Lipinski definition) is 2. The van der Waals surface area contributed by atoms with Gasteiger partial charge < -0.3 is 4.52 Å². The van der Waals surface area contributed by atoms with E-state index in [2.05, 4.69) is 5.16 Å². The number of benzene rings is 1. The molecular weight excluding hydrogens is 210 g/mol. The van der Waals surface area contributed by atoms with Crippen molar-refractivity contribution in [3.05, 3.63) is 52.4 Å². The van der Waals surface area contributed by atoms with Gasteiger partial charge in [-0.25, -0.2) is 0 Å². The highest BCUT2D eigenvalue weighted by atomic mass is 35.5. The molecule has 0 amide bonds. The second-order valence-corrected chi connectivity index (χ2v) is 3.70. The molecular formula is C12H10ClNO. The molecule has 1 heterocycles. The molecule has 0 radical (unpaired) electrons. The van der Waals surface area contributed by atoms with Gasteiger partial charge in [-0.15, -0.1) is 0 Å². The van der Waals surface area contributed by atoms with Crippen molar-refractivity contribution in [2.45, 2.75) is 6.92 Å². The van der Waals surface area contributed by atoms with E-state index in [0.717, 1.165) is 22.0 Å². The second kappa shape index (κ2) is 4.32. The van der Waals surface area contributed by atoms with E-state index in [9.17, 15) is 0 Å². The highest BCUT2D eigenvalue weighted by Crippen LogP contribution is 2.13. The molecule has 0 unspecified atom stereocenters. The van der Waals surface area contributed by atoms with E-state index in [1.807, 2.05) is 49.4 Å². The maximum atomic E-state index is 5.86. The topological polar surface area (TPSA) is 26.0 Å². The Morgan fingerprint density at radius 2 is 2.13 bits per heavy atom. The first-order valence-corrected chi connectivity index (χ1v) is 4.99. The third-order valence-electron chi connectivity index (χ3n) is 1.93. The molecule has 15 heavy (non-hydrogen) atoms. The van der Waals surface area contributed by atoms with Crippen molar-refractivity contribution >= 4 is 23.8 Å². The summed E-state index contributed by atoms with van der Waals surface area (Å²) in [6, 6.07) is 9.50. The van der Waals surface area contributed by atoms with Crippen molar-refractivity contribution in [2.75, 3.05) is 0 Å². The molecule has 0 saturated heterocycles. The van der Waals surface area contributed by atoms with Crippen molar-refractivity contribution in [2.24, 2.45) is 0 Å². The van der Waals surface area contributed by atoms with Crippen molar-refractivity contribution in [3.63, 3.8) is 0 Å². The van der Waals surface area contributed by atoms with Crippen LogP contribution in [0.25, 0.3) is 12.2 Å². The summed E-state index contributed by atoms with van der Waals surface area (Å²) in [4.78, 5) is 0. The number of hydrogen-bond donors (Lipinski definition) is 0. The van der Waals surface area contributed by atoms with Crippen LogP contribution in [0.4, 0.5) is 0 Å². The normalized spacial score (nSPS) is 11.1. The Hall–Kier alpha value is -1.54. The molecule has 0 fully saturated rings. The van der Waals surface area contributed by atoms with E-state index in [1.54, 1.807) is 0 Å². The van der Waals surface area contributed by atoms with Gasteiger partial charge >= 0.3 is 0 Å². The van der Waals surface area contributed by atoms with Gasteiger partial charge in [0.15, 0.2) is 5.76 Å². The number of aromatic nitrogens is 1. The van der Waals surface area contributed by atoms with Crippen molar-refractivity contribution < 1.29 is 4.52 Å². The number of nitrogens with zero attached hydrogens (tertiary/aromatic N) is 1. The van der Waals surface area contributed by atoms with Crippen molar-refractivity contribution in [1.82, 2.24) is 5.16 Å². The highest BCUT2D eigenvalue weighted by molar-refractivity contribution is 6.30. The maximum Gasteiger partial charge on any atom is 0.159 e. The van der Waals surface area contributed by atoms with Crippen LogP contribution in [0.5, 0.6) is 0 Å². The largest absolute Gasteiger partial charge is 0.357 e. The summed E-state index contributed by atoms with van der Waals surface area (Å²) in [5.74, 6) is 0.743. The van der Waals surface area contributed by atoms with Crippen LogP contribution < -0.4 is 0 Å². The van der Waals surface area contributed by atoms with Crippen LogP contribution in [0, 0.1) is 6.92 Å². The molecule has 0 aliphatic carbocycles. The Labute approximate surface area is 93.2 Å². The van der Waals surface area contributed by atoms with Gasteiger partial charge in [-0.3, -0.25) is 0 Å². The lowest BCUT2D eigenvalue weighted by Gasteiger charge is -1.92. The molecule has 76 valence electrons. The molecule has 0 bridgehead atoms. The third-order valence-corrected chi connectivity index (χ3v) is 2.17. The summed E-state index contributed by atoms with van der Waals surface area (Å²) in [5, 5.41) is 4.52. The maximum absolute atomic E-state index is 5.86. The van der Waals surface area contributed by atoms with E-state index in [4.69, 9.17) is 16.1 Å². The first kappa shape index (κ1) is 9.99. The van der Waals surface area contributed by atoms with Crippen LogP contribution in [0.3, 0.4) is 0 Å². The highest BCUT2D eigenvalue weighted by Gasteiger charge is 1.95. The summed E-state index contributed by atoms with van der Waals surface area (Å²) in [7, 11) is 0. The third kappa shape index (κ3) is 2.70. The minimum Gasteiger partial charge on any atom is -0.357 e. The van der Waals surface area contributed by atoms with Crippen molar-refractivity contribution in [3.8, 4) is 0 Å². The van der Waals surface area contributed by atoms with E-state index in [1.165, 1.54) is 0 Å². The standard InChI is InChI=1S/C12H10ClNO/c1-9-7-12(15-14-9)6-5-10-3-2-4-11(13)8-10/h2-8H,1H3/b6-5+. The Morgan fingerprint density at radius 3 is 2.80 bits per heavy atom. The van der Waals surface area contributed by atoms with Gasteiger partial charge in [0.1, 0.15) is 0 Å². The van der Waals surface area contributed by atoms with E-state index in [0.29, 0.717) is 0 Å². The van der Waals surface area contributed by atoms with Gasteiger partial charge in [0, 0.05) is 11.1 Å². The van der Waals surface area contributed by atoms with Crippen LogP contribution in [-0.2, 0) is 0 Å². The van der Waals surface area contributed by atoms with E-state index in [-0.39, 0.29) is 0 Å². The first-order valence-electron chi connectivity index (χ1n) is 4.61. The second-order valence-electron chi connectivity index (χ2n) is 3.26. The number of aryl methyl sites for hydroxylation is 1. The minimum atomic E-state index is 0.728. The van der Waals surface area contributed by atoms with Gasteiger partial charge in [-0.1, -0.05) is 35.0 Å². The van der Waals surface area contributed by atoms with Crippen LogP contribution in [0.2, 0.25) is 5.02 Å². The summed E-state index contributed by atoms with van der Waals surface area (Å²) in [6.45, 7) is 1.89. The average molecular weight is 220 g/mol. The first-order chi connectivity index (χ1) is 7.24. The molecule has 2 nitrogen and oxygen atoms in total. The SMILES string of the molecule is Cc1cc(/C=C/c2cccc(Cl)c2)on1. The Balaban J connectivity index is 2.18. The van der Waals surface area contributed by atoms with E-state index < -0.39 is 0 Å². The Morgan fingerprint density at radius 1 is 1.27 bits per heavy atom. The molecule has 0 aliphatic heterocycles. The van der Waals surface area contributed by atoms with Crippen LogP contribution >= 0.6 is 11.6 Å². The molecule has 0 saturated carbocycles. The lowest BCUT2D eigenvalue weighted by Crippen LogP contribution is -1.70. The summed E-state index contributed by atoms with van der Waals surface area (Å²) in [5.41, 5.74) is 1.91. The van der Waals surface area contributed by atoms with Crippen LogP contribution in [0.1, 0.15) is 17.0 Å². The Kier molecular flexibility index (Phi) is 2.88. The smallest absolute Gasteiger partial charge is 0.159 e. The van der Waals surface area contributed by atoms with Gasteiger partial charge in [-0.05, 0) is 30.7 Å². The lowest BCUT2D eigenvalue weighted by atomic mass is 10.2. The van der Waals surface area contributed by atoms with E-state index >= 15 is 0 Å². The Bertz CT molecular complexity index is 488. The number of halogens is 1. The molecule has 1 aromatic heterocycles. The van der Waals surface area contributed by atoms with Gasteiger partial charge in [0.25, 0.3) is 0 Å². The fourth-order valence-corrected chi connectivity index (χ4v) is 1.45. The predicted octanol–water partition coefficient (Wildman–Crippen LogP) is 3.81. The average Bonchev–Trinajstić information content (AvgIpc) is 2.62. The summed E-state index contributed by atoms with van der Waals surface area (Å²) in [6.07, 6.45) is 3.80. The van der Waals surface area contributed by atoms with Gasteiger partial charge in [0.05, 0.1) is 5.69 Å². The fraction of sp³-hybridized carbons (Fsp3) is 0.0833. The monoisotopic (exact) mass is 219 g/mol. The van der Waals surface area contributed by atoms with Gasteiger partial charge in [0.2, 0.25) is 0 Å². The number of rotatable bonds is 2. The van der Waals surface area contributed by atoms with Crippen LogP contribution in [0.15, 0.2) is 34.9 Å². The molecule has 0 N–H and O–H groups in total. The molecule has 0 aliphatic rings. The molecule has 0 spiro atoms. The van der Waals surface area contributed by atoms with Crippen molar-refractivity contribution in [1.29, 1.82) is 0 Å². The predicted molar refractivity (Wildman–Crippen MR) is 61.6 cm³/mol. The molecule has 2 aromatic rings. The zero-order valence-corrected chi connectivity index (χ0v) is 9.03. The summed E-state index contributed by atoms with van der Waals surface area (Å²) < 4.78 is 5.05. The molecule has 1 aromatic carbocycles. The summed E-state index contributed by atoms with van der Waals surface area (Å²) >= 11 is 5.86. The zero-order chi connectivity index (χ0) is 10.7. The minimum absolute atomic E-state index is 0.728. The zero-order valence-electron chi connectivity index (χ0n) is 8.27. The molecule has 2 rings (SSSR count). The molecule has 3 heteroatoms. The quantitative estimate of drug-likeness (QED) is 0.768. The van der Waals surface area contributed by atoms with Gasteiger partial charge in [-0.2, -0.15) is 0 Å².